The van der Waals surface area contributed by atoms with Gasteiger partial charge in [0, 0.05) is 11.7 Å². The second-order valence-corrected chi connectivity index (χ2v) is 5.04. The van der Waals surface area contributed by atoms with Crippen LogP contribution in [0.2, 0.25) is 0 Å². The number of rotatable bonds is 3. The van der Waals surface area contributed by atoms with Crippen molar-refractivity contribution < 1.29 is 13.2 Å². The van der Waals surface area contributed by atoms with Crippen molar-refractivity contribution >= 4 is 17.4 Å². The smallest absolute Gasteiger partial charge is 0.364 e. The lowest BCUT2D eigenvalue weighted by Gasteiger charge is -2.29. The van der Waals surface area contributed by atoms with Gasteiger partial charge in [0.25, 0.3) is 0 Å². The van der Waals surface area contributed by atoms with E-state index < -0.39 is 17.3 Å². The zero-order valence-electron chi connectivity index (χ0n) is 9.77. The van der Waals surface area contributed by atoms with Crippen LogP contribution in [0.4, 0.5) is 19.0 Å². The molecular weight excluding hydrogens is 253 g/mol. The molecule has 2 nitrogen and oxygen atoms in total. The van der Waals surface area contributed by atoms with Gasteiger partial charge in [-0.05, 0) is 32.9 Å². The predicted octanol–water partition coefficient (Wildman–Crippen LogP) is 3.92. The van der Waals surface area contributed by atoms with Crippen molar-refractivity contribution in [2.45, 2.75) is 37.9 Å². The van der Waals surface area contributed by atoms with Gasteiger partial charge in [-0.2, -0.15) is 13.2 Å². The normalized spacial score (nSPS) is 14.5. The summed E-state index contributed by atoms with van der Waals surface area (Å²) in [5.74, 6) is 0.164. The molecule has 1 atom stereocenters. The molecule has 0 aliphatic rings. The highest BCUT2D eigenvalue weighted by Gasteiger charge is 2.31. The lowest BCUT2D eigenvalue weighted by Crippen LogP contribution is -2.39. The molecule has 0 saturated carbocycles. The van der Waals surface area contributed by atoms with Gasteiger partial charge in [-0.1, -0.05) is 0 Å². The van der Waals surface area contributed by atoms with Crippen LogP contribution in [0, 0.1) is 0 Å². The van der Waals surface area contributed by atoms with Crippen molar-refractivity contribution in [3.8, 4) is 0 Å². The van der Waals surface area contributed by atoms with E-state index in [1.165, 1.54) is 0 Å². The summed E-state index contributed by atoms with van der Waals surface area (Å²) in [5, 5.41) is 2.64. The Morgan fingerprint density at radius 3 is 2.41 bits per heavy atom. The Bertz CT molecular complexity index is 389. The number of nitrogens with one attached hydrogen (secondary N) is 1. The third-order valence-electron chi connectivity index (χ3n) is 2.53. The minimum Gasteiger partial charge on any atom is -0.364 e. The highest BCUT2D eigenvalue weighted by Crippen LogP contribution is 2.30. The topological polar surface area (TPSA) is 24.9 Å². The summed E-state index contributed by atoms with van der Waals surface area (Å²) in [6.07, 6.45) is -3.24. The Kier molecular flexibility index (Phi) is 3.91. The second-order valence-electron chi connectivity index (χ2n) is 4.39. The van der Waals surface area contributed by atoms with Gasteiger partial charge < -0.3 is 5.32 Å². The van der Waals surface area contributed by atoms with Gasteiger partial charge in [0.15, 0.2) is 0 Å². The monoisotopic (exact) mass is 266 g/mol. The van der Waals surface area contributed by atoms with E-state index in [1.807, 2.05) is 0 Å². The molecule has 1 aromatic heterocycles. The summed E-state index contributed by atoms with van der Waals surface area (Å²) in [5.41, 5.74) is -1.27. The molecule has 0 bridgehead atoms. The molecule has 96 valence electrons. The average Bonchev–Trinajstić information content (AvgIpc) is 2.15. The Labute approximate surface area is 103 Å². The number of aromatic nitrogens is 1. The van der Waals surface area contributed by atoms with Crippen molar-refractivity contribution in [1.29, 1.82) is 0 Å². The average molecular weight is 267 g/mol. The molecule has 1 aromatic rings. The highest BCUT2D eigenvalue weighted by molar-refractivity contribution is 6.21. The van der Waals surface area contributed by atoms with Crippen LogP contribution in [0.5, 0.6) is 0 Å². The number of alkyl halides is 4. The summed E-state index contributed by atoms with van der Waals surface area (Å²) < 4.78 is 37.4. The third-order valence-corrected chi connectivity index (χ3v) is 3.08. The molecule has 0 saturated heterocycles. The first-order valence-corrected chi connectivity index (χ1v) is 5.52. The fraction of sp³-hybridized carbons (Fsp3) is 0.545. The van der Waals surface area contributed by atoms with Gasteiger partial charge >= 0.3 is 6.18 Å². The molecular formula is C11H14ClF3N2. The molecule has 1 rings (SSSR count). The Hall–Kier alpha value is -0.970. The van der Waals surface area contributed by atoms with Crippen molar-refractivity contribution in [3.05, 3.63) is 23.9 Å². The lowest BCUT2D eigenvalue weighted by atomic mass is 10.0. The van der Waals surface area contributed by atoms with Crippen molar-refractivity contribution in [3.63, 3.8) is 0 Å². The first kappa shape index (κ1) is 14.1. The largest absolute Gasteiger partial charge is 0.416 e. The summed E-state index contributed by atoms with van der Waals surface area (Å²) >= 11 is 5.94. The predicted molar refractivity (Wildman–Crippen MR) is 62.3 cm³/mol. The standard InChI is InChI=1S/C11H14ClF3N2/c1-7(12)10(2,3)17-9-6-8(4-5-16-9)11(13,14)15/h4-7H,1-3H3,(H,16,17). The van der Waals surface area contributed by atoms with Gasteiger partial charge in [-0.25, -0.2) is 4.98 Å². The Morgan fingerprint density at radius 1 is 1.35 bits per heavy atom. The van der Waals surface area contributed by atoms with Gasteiger partial charge in [0.1, 0.15) is 5.82 Å². The third kappa shape index (κ3) is 3.77. The number of hydrogen-bond acceptors (Lipinski definition) is 2. The van der Waals surface area contributed by atoms with E-state index in [0.29, 0.717) is 0 Å². The Balaban J connectivity index is 2.94. The molecule has 0 amide bonds. The quantitative estimate of drug-likeness (QED) is 0.839. The van der Waals surface area contributed by atoms with Crippen molar-refractivity contribution in [2.24, 2.45) is 0 Å². The minimum absolute atomic E-state index is 0.164. The molecule has 17 heavy (non-hydrogen) atoms. The molecule has 0 aliphatic heterocycles. The maximum atomic E-state index is 12.5. The van der Waals surface area contributed by atoms with Crippen LogP contribution in [0.3, 0.4) is 0 Å². The van der Waals surface area contributed by atoms with Crippen LogP contribution in [0.25, 0.3) is 0 Å². The number of halogens is 4. The summed E-state index contributed by atoms with van der Waals surface area (Å²) in [6.45, 7) is 5.36. The molecule has 0 spiro atoms. The summed E-state index contributed by atoms with van der Waals surface area (Å²) in [6, 6.07) is 1.91. The van der Waals surface area contributed by atoms with E-state index in [4.69, 9.17) is 11.6 Å². The van der Waals surface area contributed by atoms with Crippen LogP contribution in [0.1, 0.15) is 26.3 Å². The molecule has 1 heterocycles. The molecule has 0 aliphatic carbocycles. The SMILES string of the molecule is CC(Cl)C(C)(C)Nc1cc(C(F)(F)F)ccn1. The summed E-state index contributed by atoms with van der Waals surface area (Å²) in [7, 11) is 0. The molecule has 0 radical (unpaired) electrons. The zero-order chi connectivity index (χ0) is 13.3. The highest BCUT2D eigenvalue weighted by atomic mass is 35.5. The van der Waals surface area contributed by atoms with Crippen LogP contribution < -0.4 is 5.32 Å². The molecule has 0 fully saturated rings. The number of anilines is 1. The molecule has 6 heteroatoms. The van der Waals surface area contributed by atoms with E-state index >= 15 is 0 Å². The Morgan fingerprint density at radius 2 is 1.94 bits per heavy atom. The first-order chi connectivity index (χ1) is 7.63. The van der Waals surface area contributed by atoms with Gasteiger partial charge in [0.05, 0.1) is 10.9 Å². The minimum atomic E-state index is -4.36. The van der Waals surface area contributed by atoms with E-state index in [-0.39, 0.29) is 11.2 Å². The first-order valence-electron chi connectivity index (χ1n) is 5.08. The van der Waals surface area contributed by atoms with Gasteiger partial charge in [-0.15, -0.1) is 11.6 Å². The van der Waals surface area contributed by atoms with Gasteiger partial charge in [0.2, 0.25) is 0 Å². The van der Waals surface area contributed by atoms with Crippen LogP contribution in [0.15, 0.2) is 18.3 Å². The van der Waals surface area contributed by atoms with E-state index in [1.54, 1.807) is 20.8 Å². The van der Waals surface area contributed by atoms with Gasteiger partial charge in [-0.3, -0.25) is 0 Å². The molecule has 1 unspecified atom stereocenters. The molecule has 1 N–H and O–H groups in total. The summed E-state index contributed by atoms with van der Waals surface area (Å²) in [4.78, 5) is 3.85. The van der Waals surface area contributed by atoms with E-state index in [9.17, 15) is 13.2 Å². The second kappa shape index (κ2) is 4.72. The fourth-order valence-electron chi connectivity index (χ4n) is 1.10. The number of nitrogens with zero attached hydrogens (tertiary/aromatic N) is 1. The number of pyridine rings is 1. The van der Waals surface area contributed by atoms with Crippen LogP contribution in [-0.4, -0.2) is 15.9 Å². The number of hydrogen-bond donors (Lipinski definition) is 1. The fourth-order valence-corrected chi connectivity index (χ4v) is 1.16. The van der Waals surface area contributed by atoms with Crippen molar-refractivity contribution in [2.75, 3.05) is 5.32 Å². The maximum absolute atomic E-state index is 12.5. The lowest BCUT2D eigenvalue weighted by molar-refractivity contribution is -0.137. The zero-order valence-corrected chi connectivity index (χ0v) is 10.5. The van der Waals surface area contributed by atoms with E-state index in [2.05, 4.69) is 10.3 Å². The van der Waals surface area contributed by atoms with Crippen LogP contribution >= 0.6 is 11.6 Å². The van der Waals surface area contributed by atoms with Crippen LogP contribution in [-0.2, 0) is 6.18 Å². The molecule has 0 aromatic carbocycles. The van der Waals surface area contributed by atoms with E-state index in [0.717, 1.165) is 18.3 Å². The van der Waals surface area contributed by atoms with Crippen molar-refractivity contribution in [1.82, 2.24) is 4.98 Å². The maximum Gasteiger partial charge on any atom is 0.416 e.